The predicted molar refractivity (Wildman–Crippen MR) is 105 cm³/mol. The van der Waals surface area contributed by atoms with Crippen molar-refractivity contribution in [3.63, 3.8) is 0 Å². The third kappa shape index (κ3) is 3.95. The molecular weight excluding hydrogens is 366 g/mol. The summed E-state index contributed by atoms with van der Waals surface area (Å²) in [5.74, 6) is -0.911. The van der Waals surface area contributed by atoms with E-state index < -0.39 is 17.4 Å². The molecule has 3 rings (SSSR count). The molecule has 0 spiro atoms. The van der Waals surface area contributed by atoms with Crippen molar-refractivity contribution in [3.05, 3.63) is 40.8 Å². The molecule has 0 radical (unpaired) electrons. The Labute approximate surface area is 161 Å². The number of carbonyl (C=O) groups excluding carboxylic acids is 3. The number of amides is 4. The monoisotopic (exact) mass is 387 g/mol. The third-order valence-electron chi connectivity index (χ3n) is 4.27. The SMILES string of the molecule is CC(C)(C)c1cc(N2CCC(=O)NC2=O)cc(C(=O)Nc2cccs2)c1O. The summed E-state index contributed by atoms with van der Waals surface area (Å²) in [4.78, 5) is 37.8. The molecule has 0 saturated carbocycles. The van der Waals surface area contributed by atoms with Gasteiger partial charge in [-0.15, -0.1) is 11.3 Å². The predicted octanol–water partition coefficient (Wildman–Crippen LogP) is 3.45. The van der Waals surface area contributed by atoms with Gasteiger partial charge in [-0.2, -0.15) is 0 Å². The van der Waals surface area contributed by atoms with E-state index in [0.717, 1.165) is 0 Å². The Hall–Kier alpha value is -2.87. The number of phenolic OH excluding ortho intramolecular Hbond substituents is 1. The number of benzene rings is 1. The lowest BCUT2D eigenvalue weighted by atomic mass is 9.84. The van der Waals surface area contributed by atoms with Crippen LogP contribution in [0, 0.1) is 0 Å². The Bertz CT molecular complexity index is 900. The van der Waals surface area contributed by atoms with Gasteiger partial charge in [0, 0.05) is 24.2 Å². The van der Waals surface area contributed by atoms with Gasteiger partial charge in [0.1, 0.15) is 5.75 Å². The molecule has 0 atom stereocenters. The Morgan fingerprint density at radius 1 is 1.30 bits per heavy atom. The maximum Gasteiger partial charge on any atom is 0.328 e. The second-order valence-corrected chi connectivity index (χ2v) is 8.27. The number of aromatic hydroxyl groups is 1. The normalized spacial score (nSPS) is 14.9. The van der Waals surface area contributed by atoms with Crippen LogP contribution in [0.25, 0.3) is 0 Å². The van der Waals surface area contributed by atoms with Crippen LogP contribution in [0.4, 0.5) is 15.5 Å². The van der Waals surface area contributed by atoms with Crippen molar-refractivity contribution in [2.24, 2.45) is 0 Å². The highest BCUT2D eigenvalue weighted by molar-refractivity contribution is 7.14. The van der Waals surface area contributed by atoms with Crippen LogP contribution in [-0.4, -0.2) is 29.5 Å². The van der Waals surface area contributed by atoms with E-state index in [1.54, 1.807) is 12.1 Å². The van der Waals surface area contributed by atoms with Gasteiger partial charge >= 0.3 is 6.03 Å². The minimum absolute atomic E-state index is 0.0792. The topological polar surface area (TPSA) is 98.7 Å². The van der Waals surface area contributed by atoms with Gasteiger partial charge in [0.15, 0.2) is 0 Å². The molecule has 1 fully saturated rings. The molecular formula is C19H21N3O4S. The van der Waals surface area contributed by atoms with Crippen molar-refractivity contribution in [2.45, 2.75) is 32.6 Å². The van der Waals surface area contributed by atoms with E-state index in [1.807, 2.05) is 32.2 Å². The molecule has 4 amide bonds. The van der Waals surface area contributed by atoms with Crippen LogP contribution in [0.2, 0.25) is 0 Å². The van der Waals surface area contributed by atoms with E-state index in [1.165, 1.54) is 22.3 Å². The molecule has 1 aliphatic rings. The van der Waals surface area contributed by atoms with Gasteiger partial charge in [0.2, 0.25) is 5.91 Å². The fourth-order valence-corrected chi connectivity index (χ4v) is 3.47. The van der Waals surface area contributed by atoms with E-state index in [0.29, 0.717) is 16.3 Å². The maximum absolute atomic E-state index is 12.7. The van der Waals surface area contributed by atoms with Crippen LogP contribution in [0.3, 0.4) is 0 Å². The molecule has 3 N–H and O–H groups in total. The van der Waals surface area contributed by atoms with E-state index in [4.69, 9.17) is 0 Å². The van der Waals surface area contributed by atoms with Crippen LogP contribution in [0.15, 0.2) is 29.6 Å². The number of phenols is 1. The van der Waals surface area contributed by atoms with Crippen molar-refractivity contribution < 1.29 is 19.5 Å². The van der Waals surface area contributed by atoms with Crippen molar-refractivity contribution in [1.29, 1.82) is 0 Å². The first-order valence-corrected chi connectivity index (χ1v) is 9.38. The highest BCUT2D eigenvalue weighted by atomic mass is 32.1. The van der Waals surface area contributed by atoms with Crippen molar-refractivity contribution in [3.8, 4) is 5.75 Å². The largest absolute Gasteiger partial charge is 0.507 e. The lowest BCUT2D eigenvalue weighted by molar-refractivity contribution is -0.120. The number of hydrogen-bond acceptors (Lipinski definition) is 5. The zero-order valence-electron chi connectivity index (χ0n) is 15.3. The van der Waals surface area contributed by atoms with E-state index in [-0.39, 0.29) is 30.2 Å². The van der Waals surface area contributed by atoms with Crippen LogP contribution in [0.1, 0.15) is 43.1 Å². The third-order valence-corrected chi connectivity index (χ3v) is 5.06. The van der Waals surface area contributed by atoms with E-state index in [2.05, 4.69) is 10.6 Å². The standard InChI is InChI=1S/C19H21N3O4S/c1-19(2,3)13-10-11(22-7-6-14(23)20-18(22)26)9-12(16(13)24)17(25)21-15-5-4-8-27-15/h4-5,8-10,24H,6-7H2,1-3H3,(H,21,25)(H,20,23,26). The Morgan fingerprint density at radius 2 is 2.04 bits per heavy atom. The first-order chi connectivity index (χ1) is 12.7. The summed E-state index contributed by atoms with van der Waals surface area (Å²) in [5, 5.41) is 18.2. The Morgan fingerprint density at radius 3 is 2.63 bits per heavy atom. The summed E-state index contributed by atoms with van der Waals surface area (Å²) in [6, 6.07) is 6.20. The van der Waals surface area contributed by atoms with Gasteiger partial charge in [-0.1, -0.05) is 20.8 Å². The van der Waals surface area contributed by atoms with Crippen LogP contribution >= 0.6 is 11.3 Å². The van der Waals surface area contributed by atoms with Crippen molar-refractivity contribution in [1.82, 2.24) is 5.32 Å². The highest BCUT2D eigenvalue weighted by Crippen LogP contribution is 2.38. The smallest absolute Gasteiger partial charge is 0.328 e. The average molecular weight is 387 g/mol. The van der Waals surface area contributed by atoms with Crippen LogP contribution in [0.5, 0.6) is 5.75 Å². The zero-order valence-corrected chi connectivity index (χ0v) is 16.1. The van der Waals surface area contributed by atoms with Gasteiger partial charge in [0.05, 0.1) is 10.6 Å². The fourth-order valence-electron chi connectivity index (χ4n) is 2.86. The number of urea groups is 1. The molecule has 0 unspecified atom stereocenters. The first kappa shape index (κ1) is 18.9. The lowest BCUT2D eigenvalue weighted by Gasteiger charge is -2.29. The molecule has 1 aromatic carbocycles. The second kappa shape index (κ2) is 7.03. The Balaban J connectivity index is 2.05. The second-order valence-electron chi connectivity index (χ2n) is 7.33. The van der Waals surface area contributed by atoms with Gasteiger partial charge in [-0.3, -0.25) is 19.8 Å². The van der Waals surface area contributed by atoms with E-state index >= 15 is 0 Å². The summed E-state index contributed by atoms with van der Waals surface area (Å²) >= 11 is 1.37. The quantitative estimate of drug-likeness (QED) is 0.751. The zero-order chi connectivity index (χ0) is 19.8. The molecule has 2 aromatic rings. The fraction of sp³-hybridized carbons (Fsp3) is 0.316. The lowest BCUT2D eigenvalue weighted by Crippen LogP contribution is -2.49. The summed E-state index contributed by atoms with van der Waals surface area (Å²) in [5.41, 5.74) is 0.621. The number of carbonyl (C=O) groups is 3. The molecule has 2 heterocycles. The first-order valence-electron chi connectivity index (χ1n) is 8.50. The van der Waals surface area contributed by atoms with Gasteiger partial charge in [-0.25, -0.2) is 4.79 Å². The molecule has 7 nitrogen and oxygen atoms in total. The molecule has 0 bridgehead atoms. The molecule has 8 heteroatoms. The van der Waals surface area contributed by atoms with Crippen LogP contribution < -0.4 is 15.5 Å². The van der Waals surface area contributed by atoms with Crippen molar-refractivity contribution >= 4 is 39.9 Å². The number of hydrogen-bond donors (Lipinski definition) is 3. The number of rotatable bonds is 3. The average Bonchev–Trinajstić information content (AvgIpc) is 3.07. The van der Waals surface area contributed by atoms with Gasteiger partial charge in [0.25, 0.3) is 5.91 Å². The molecule has 1 saturated heterocycles. The minimum atomic E-state index is -0.540. The van der Waals surface area contributed by atoms with Gasteiger partial charge in [-0.05, 0) is 35.1 Å². The van der Waals surface area contributed by atoms with E-state index in [9.17, 15) is 19.5 Å². The van der Waals surface area contributed by atoms with Crippen molar-refractivity contribution in [2.75, 3.05) is 16.8 Å². The molecule has 27 heavy (non-hydrogen) atoms. The molecule has 0 aliphatic carbocycles. The maximum atomic E-state index is 12.7. The number of imide groups is 1. The summed E-state index contributed by atoms with van der Waals surface area (Å²) in [6.45, 7) is 5.94. The summed E-state index contributed by atoms with van der Waals surface area (Å²) in [7, 11) is 0. The highest BCUT2D eigenvalue weighted by Gasteiger charge is 2.29. The van der Waals surface area contributed by atoms with Crippen LogP contribution in [-0.2, 0) is 10.2 Å². The Kier molecular flexibility index (Phi) is 4.93. The number of nitrogens with one attached hydrogen (secondary N) is 2. The summed E-state index contributed by atoms with van der Waals surface area (Å²) in [6.07, 6.45) is 0.175. The summed E-state index contributed by atoms with van der Waals surface area (Å²) < 4.78 is 0. The molecule has 1 aliphatic heterocycles. The molecule has 1 aromatic heterocycles. The van der Waals surface area contributed by atoms with Gasteiger partial charge < -0.3 is 10.4 Å². The number of anilines is 2. The number of nitrogens with zero attached hydrogens (tertiary/aromatic N) is 1. The number of thiophene rings is 1. The molecule has 142 valence electrons. The minimum Gasteiger partial charge on any atom is -0.507 e.